The van der Waals surface area contributed by atoms with Gasteiger partial charge in [-0.15, -0.1) is 0 Å². The van der Waals surface area contributed by atoms with Gasteiger partial charge in [0.05, 0.1) is 5.69 Å². The molecule has 3 nitrogen and oxygen atoms in total. The molecule has 1 aliphatic heterocycles. The Kier molecular flexibility index (Phi) is 3.69. The lowest BCUT2D eigenvalue weighted by Gasteiger charge is -2.16. The zero-order chi connectivity index (χ0) is 10.5. The van der Waals surface area contributed by atoms with Gasteiger partial charge in [0.25, 0.3) is 0 Å². The summed E-state index contributed by atoms with van der Waals surface area (Å²) in [6, 6.07) is 7.05. The summed E-state index contributed by atoms with van der Waals surface area (Å²) in [7, 11) is 0. The fraction of sp³-hybridized carbons (Fsp3) is 0.583. The lowest BCUT2D eigenvalue weighted by Crippen LogP contribution is -2.35. The van der Waals surface area contributed by atoms with Crippen molar-refractivity contribution in [2.24, 2.45) is 0 Å². The van der Waals surface area contributed by atoms with Crippen LogP contribution < -0.4 is 10.6 Å². The molecule has 0 amide bonds. The first-order valence-corrected chi connectivity index (χ1v) is 5.74. The van der Waals surface area contributed by atoms with Crippen LogP contribution in [0, 0.1) is 0 Å². The number of hydrogen-bond acceptors (Lipinski definition) is 3. The molecule has 0 aromatic carbocycles. The number of pyridine rings is 1. The fourth-order valence-electron chi connectivity index (χ4n) is 1.99. The van der Waals surface area contributed by atoms with Crippen LogP contribution in [0.15, 0.2) is 24.4 Å². The van der Waals surface area contributed by atoms with E-state index >= 15 is 0 Å². The van der Waals surface area contributed by atoms with Gasteiger partial charge in [0, 0.05) is 24.8 Å². The summed E-state index contributed by atoms with van der Waals surface area (Å²) in [4.78, 5) is 4.34. The third-order valence-electron chi connectivity index (χ3n) is 2.96. The molecule has 2 heterocycles. The molecule has 2 rings (SSSR count). The smallest absolute Gasteiger partial charge is 0.0570 e. The normalized spacial score (nSPS) is 22.9. The van der Waals surface area contributed by atoms with E-state index in [1.165, 1.54) is 19.4 Å². The molecule has 0 spiro atoms. The van der Waals surface area contributed by atoms with Crippen molar-refractivity contribution in [3.05, 3.63) is 30.1 Å². The molecule has 2 N–H and O–H groups in total. The van der Waals surface area contributed by atoms with Crippen molar-refractivity contribution in [2.45, 2.75) is 31.8 Å². The highest BCUT2D eigenvalue weighted by Gasteiger charge is 2.15. The van der Waals surface area contributed by atoms with E-state index in [4.69, 9.17) is 0 Å². The van der Waals surface area contributed by atoms with Crippen molar-refractivity contribution in [1.29, 1.82) is 0 Å². The lowest BCUT2D eigenvalue weighted by molar-refractivity contribution is 0.484. The fourth-order valence-corrected chi connectivity index (χ4v) is 1.99. The molecule has 1 aromatic heterocycles. The van der Waals surface area contributed by atoms with Gasteiger partial charge < -0.3 is 10.6 Å². The van der Waals surface area contributed by atoms with Gasteiger partial charge in [-0.05, 0) is 38.4 Å². The second-order valence-corrected chi connectivity index (χ2v) is 4.18. The Labute approximate surface area is 91.3 Å². The first-order valence-electron chi connectivity index (χ1n) is 5.74. The summed E-state index contributed by atoms with van der Waals surface area (Å²) in [5.41, 5.74) is 1.12. The Balaban J connectivity index is 1.79. The summed E-state index contributed by atoms with van der Waals surface area (Å²) < 4.78 is 0. The Bertz CT molecular complexity index is 280. The van der Waals surface area contributed by atoms with Crippen molar-refractivity contribution in [2.75, 3.05) is 13.1 Å². The van der Waals surface area contributed by atoms with Gasteiger partial charge in [-0.25, -0.2) is 0 Å². The highest BCUT2D eigenvalue weighted by atomic mass is 15.0. The molecule has 0 aliphatic carbocycles. The summed E-state index contributed by atoms with van der Waals surface area (Å²) in [6.45, 7) is 4.37. The van der Waals surface area contributed by atoms with Crippen molar-refractivity contribution < 1.29 is 0 Å². The maximum Gasteiger partial charge on any atom is 0.0570 e. The molecular formula is C12H19N3. The third kappa shape index (κ3) is 3.01. The highest BCUT2D eigenvalue weighted by molar-refractivity contribution is 5.07. The largest absolute Gasteiger partial charge is 0.313 e. The van der Waals surface area contributed by atoms with Gasteiger partial charge >= 0.3 is 0 Å². The lowest BCUT2D eigenvalue weighted by atomic mass is 10.2. The molecule has 0 radical (unpaired) electrons. The topological polar surface area (TPSA) is 37.0 Å². The average Bonchev–Trinajstić information content (AvgIpc) is 2.80. The summed E-state index contributed by atoms with van der Waals surface area (Å²) in [5.74, 6) is 0. The predicted molar refractivity (Wildman–Crippen MR) is 61.7 cm³/mol. The van der Waals surface area contributed by atoms with Crippen LogP contribution in [0.25, 0.3) is 0 Å². The molecule has 82 valence electrons. The molecule has 0 bridgehead atoms. The Hall–Kier alpha value is -0.930. The minimum atomic E-state index is 0.341. The second kappa shape index (κ2) is 5.24. The number of hydrogen-bond donors (Lipinski definition) is 2. The summed E-state index contributed by atoms with van der Waals surface area (Å²) >= 11 is 0. The van der Waals surface area contributed by atoms with E-state index in [9.17, 15) is 0 Å². The number of nitrogens with zero attached hydrogens (tertiary/aromatic N) is 1. The maximum absolute atomic E-state index is 4.34. The minimum Gasteiger partial charge on any atom is -0.313 e. The minimum absolute atomic E-state index is 0.341. The molecule has 3 heteroatoms. The van der Waals surface area contributed by atoms with Gasteiger partial charge in [-0.3, -0.25) is 4.98 Å². The first-order chi connectivity index (χ1) is 7.36. The standard InChI is InChI=1S/C12H19N3/c1-10(12-6-2-3-7-14-12)15-9-11-5-4-8-13-11/h2-3,6-7,10-11,13,15H,4-5,8-9H2,1H3/t10-,11?/m0/s1. The zero-order valence-electron chi connectivity index (χ0n) is 9.24. The van der Waals surface area contributed by atoms with E-state index < -0.39 is 0 Å². The summed E-state index contributed by atoms with van der Waals surface area (Å²) in [6.07, 6.45) is 4.45. The van der Waals surface area contributed by atoms with Crippen molar-refractivity contribution >= 4 is 0 Å². The number of nitrogens with one attached hydrogen (secondary N) is 2. The molecule has 1 saturated heterocycles. The monoisotopic (exact) mass is 205 g/mol. The Morgan fingerprint density at radius 1 is 1.60 bits per heavy atom. The molecule has 0 saturated carbocycles. The average molecular weight is 205 g/mol. The quantitative estimate of drug-likeness (QED) is 0.782. The van der Waals surface area contributed by atoms with Crippen LogP contribution in [0.2, 0.25) is 0 Å². The van der Waals surface area contributed by atoms with Crippen LogP contribution in [0.3, 0.4) is 0 Å². The number of rotatable bonds is 4. The second-order valence-electron chi connectivity index (χ2n) is 4.18. The van der Waals surface area contributed by atoms with E-state index in [-0.39, 0.29) is 0 Å². The van der Waals surface area contributed by atoms with Crippen LogP contribution in [0.5, 0.6) is 0 Å². The SMILES string of the molecule is C[C@H](NCC1CCCN1)c1ccccn1. The Morgan fingerprint density at radius 3 is 3.20 bits per heavy atom. The van der Waals surface area contributed by atoms with Crippen LogP contribution in [0.4, 0.5) is 0 Å². The first kappa shape index (κ1) is 10.6. The van der Waals surface area contributed by atoms with Gasteiger partial charge in [-0.1, -0.05) is 6.07 Å². The number of aromatic nitrogens is 1. The van der Waals surface area contributed by atoms with Gasteiger partial charge in [-0.2, -0.15) is 0 Å². The van der Waals surface area contributed by atoms with Gasteiger partial charge in [0.15, 0.2) is 0 Å². The Morgan fingerprint density at radius 2 is 2.53 bits per heavy atom. The summed E-state index contributed by atoms with van der Waals surface area (Å²) in [5, 5.41) is 7.00. The molecular weight excluding hydrogens is 186 g/mol. The van der Waals surface area contributed by atoms with E-state index in [1.807, 2.05) is 18.3 Å². The van der Waals surface area contributed by atoms with Crippen molar-refractivity contribution in [3.8, 4) is 0 Å². The molecule has 1 aliphatic rings. The van der Waals surface area contributed by atoms with Gasteiger partial charge in [0.1, 0.15) is 0 Å². The molecule has 1 fully saturated rings. The predicted octanol–water partition coefficient (Wildman–Crippen LogP) is 1.48. The van der Waals surface area contributed by atoms with Crippen LogP contribution in [-0.2, 0) is 0 Å². The molecule has 2 atom stereocenters. The molecule has 1 aromatic rings. The van der Waals surface area contributed by atoms with E-state index in [0.29, 0.717) is 12.1 Å². The van der Waals surface area contributed by atoms with Crippen molar-refractivity contribution in [3.63, 3.8) is 0 Å². The van der Waals surface area contributed by atoms with Crippen LogP contribution in [-0.4, -0.2) is 24.1 Å². The highest BCUT2D eigenvalue weighted by Crippen LogP contribution is 2.09. The molecule has 15 heavy (non-hydrogen) atoms. The maximum atomic E-state index is 4.34. The van der Waals surface area contributed by atoms with Gasteiger partial charge in [0.2, 0.25) is 0 Å². The van der Waals surface area contributed by atoms with E-state index in [0.717, 1.165) is 12.2 Å². The van der Waals surface area contributed by atoms with E-state index in [2.05, 4.69) is 28.6 Å². The van der Waals surface area contributed by atoms with Crippen molar-refractivity contribution in [1.82, 2.24) is 15.6 Å². The van der Waals surface area contributed by atoms with Crippen LogP contribution in [0.1, 0.15) is 31.5 Å². The van der Waals surface area contributed by atoms with E-state index in [1.54, 1.807) is 0 Å². The molecule has 1 unspecified atom stereocenters. The third-order valence-corrected chi connectivity index (χ3v) is 2.96. The van der Waals surface area contributed by atoms with Crippen LogP contribution >= 0.6 is 0 Å². The zero-order valence-corrected chi connectivity index (χ0v) is 9.24.